The quantitative estimate of drug-likeness (QED) is 0.339. The Balaban J connectivity index is 1.45. The molecule has 7 heteroatoms. The summed E-state index contributed by atoms with van der Waals surface area (Å²) in [6.07, 6.45) is 4.39. The molecule has 32 heavy (non-hydrogen) atoms. The van der Waals surface area contributed by atoms with Gasteiger partial charge in [-0.25, -0.2) is 0 Å². The smallest absolute Gasteiger partial charge is 0.261 e. The van der Waals surface area contributed by atoms with Gasteiger partial charge in [0.05, 0.1) is 17.1 Å². The van der Waals surface area contributed by atoms with Crippen LogP contribution < -0.4 is 15.4 Å². The largest absolute Gasteiger partial charge is 0.495 e. The first-order valence-electron chi connectivity index (χ1n) is 9.90. The number of fused-ring (bicyclic) bond motifs is 1. The van der Waals surface area contributed by atoms with E-state index < -0.39 is 0 Å². The van der Waals surface area contributed by atoms with E-state index in [-0.39, 0.29) is 11.0 Å². The molecule has 1 heterocycles. The summed E-state index contributed by atoms with van der Waals surface area (Å²) in [5.74, 6) is 0.115. The molecule has 5 nitrogen and oxygen atoms in total. The normalized spacial score (nSPS) is 10.6. The lowest BCUT2D eigenvalue weighted by Gasteiger charge is -2.14. The van der Waals surface area contributed by atoms with Crippen LogP contribution in [0, 0.1) is 0 Å². The maximum absolute atomic E-state index is 12.9. The number of carbonyl (C=O) groups excluding carboxylic acids is 1. The van der Waals surface area contributed by atoms with E-state index in [1.807, 2.05) is 60.7 Å². The average Bonchev–Trinajstić information content (AvgIpc) is 2.81. The molecule has 4 rings (SSSR count). The molecule has 160 valence electrons. The van der Waals surface area contributed by atoms with Crippen LogP contribution in [0.25, 0.3) is 10.8 Å². The van der Waals surface area contributed by atoms with Crippen LogP contribution in [0.2, 0.25) is 0 Å². The van der Waals surface area contributed by atoms with Gasteiger partial charge in [-0.05, 0) is 86.8 Å². The topological polar surface area (TPSA) is 63.2 Å². The van der Waals surface area contributed by atoms with E-state index in [0.29, 0.717) is 11.3 Å². The number of halogens is 1. The molecule has 0 saturated heterocycles. The van der Waals surface area contributed by atoms with Gasteiger partial charge in [-0.15, -0.1) is 0 Å². The van der Waals surface area contributed by atoms with Crippen LogP contribution in [-0.2, 0) is 6.42 Å². The Bertz CT molecular complexity index is 1280. The van der Waals surface area contributed by atoms with E-state index >= 15 is 0 Å². The second-order valence-electron chi connectivity index (χ2n) is 7.13. The van der Waals surface area contributed by atoms with Gasteiger partial charge in [-0.1, -0.05) is 36.4 Å². The van der Waals surface area contributed by atoms with Crippen LogP contribution >= 0.6 is 28.1 Å². The van der Waals surface area contributed by atoms with Crippen molar-refractivity contribution in [3.8, 4) is 5.75 Å². The number of thiocarbonyl (C=S) groups is 1. The minimum atomic E-state index is -0.347. The van der Waals surface area contributed by atoms with E-state index in [1.54, 1.807) is 18.5 Å². The van der Waals surface area contributed by atoms with Crippen molar-refractivity contribution in [3.63, 3.8) is 0 Å². The van der Waals surface area contributed by atoms with Gasteiger partial charge >= 0.3 is 0 Å². The van der Waals surface area contributed by atoms with Crippen molar-refractivity contribution in [2.24, 2.45) is 0 Å². The number of aromatic nitrogens is 1. The average molecular weight is 506 g/mol. The van der Waals surface area contributed by atoms with Crippen LogP contribution in [0.3, 0.4) is 0 Å². The highest BCUT2D eigenvalue weighted by Gasteiger charge is 2.19. The van der Waals surface area contributed by atoms with Gasteiger partial charge in [0.2, 0.25) is 0 Å². The molecule has 0 unspecified atom stereocenters. The predicted molar refractivity (Wildman–Crippen MR) is 135 cm³/mol. The van der Waals surface area contributed by atoms with Crippen molar-refractivity contribution in [1.29, 1.82) is 0 Å². The van der Waals surface area contributed by atoms with Gasteiger partial charge in [-0.2, -0.15) is 0 Å². The first kappa shape index (κ1) is 21.9. The number of benzene rings is 3. The summed E-state index contributed by atoms with van der Waals surface area (Å²) in [5, 5.41) is 7.90. The summed E-state index contributed by atoms with van der Waals surface area (Å²) < 4.78 is 6.22. The van der Waals surface area contributed by atoms with Crippen LogP contribution in [0.4, 0.5) is 5.69 Å². The van der Waals surface area contributed by atoms with Gasteiger partial charge in [0.15, 0.2) is 5.11 Å². The summed E-state index contributed by atoms with van der Waals surface area (Å²) in [7, 11) is 1.54. The lowest BCUT2D eigenvalue weighted by atomic mass is 10.1. The third-order valence-electron chi connectivity index (χ3n) is 4.99. The molecule has 0 aliphatic carbocycles. The number of amides is 1. The fraction of sp³-hybridized carbons (Fsp3) is 0.0800. The monoisotopic (exact) mass is 505 g/mol. The molecular formula is C25H20BrN3O2S. The van der Waals surface area contributed by atoms with E-state index in [1.165, 1.54) is 18.2 Å². The number of hydrogen-bond acceptors (Lipinski definition) is 4. The Morgan fingerprint density at radius 2 is 1.72 bits per heavy atom. The predicted octanol–water partition coefficient (Wildman–Crippen LogP) is 5.72. The summed E-state index contributed by atoms with van der Waals surface area (Å²) in [5.41, 5.74) is 3.55. The summed E-state index contributed by atoms with van der Waals surface area (Å²) in [4.78, 5) is 17.0. The summed E-state index contributed by atoms with van der Waals surface area (Å²) in [6.45, 7) is 0. The number of methoxy groups -OCH3 is 1. The van der Waals surface area contributed by atoms with E-state index in [0.717, 1.165) is 27.4 Å². The Morgan fingerprint density at radius 1 is 1.03 bits per heavy atom. The minimum Gasteiger partial charge on any atom is -0.495 e. The fourth-order valence-corrected chi connectivity index (χ4v) is 4.37. The molecule has 3 aromatic carbocycles. The maximum atomic E-state index is 12.9. The van der Waals surface area contributed by atoms with E-state index in [4.69, 9.17) is 17.0 Å². The fourth-order valence-electron chi connectivity index (χ4n) is 3.43. The second-order valence-corrected chi connectivity index (χ2v) is 8.33. The molecule has 4 aromatic rings. The molecule has 1 aromatic heterocycles. The first-order chi connectivity index (χ1) is 15.5. The van der Waals surface area contributed by atoms with Gasteiger partial charge in [0, 0.05) is 18.1 Å². The summed E-state index contributed by atoms with van der Waals surface area (Å²) >= 11 is 8.91. The number of pyridine rings is 1. The molecule has 0 aliphatic heterocycles. The first-order valence-corrected chi connectivity index (χ1v) is 11.1. The number of carbonyl (C=O) groups is 1. The van der Waals surface area contributed by atoms with E-state index in [9.17, 15) is 4.79 Å². The van der Waals surface area contributed by atoms with Gasteiger partial charge in [0.1, 0.15) is 5.75 Å². The lowest BCUT2D eigenvalue weighted by molar-refractivity contribution is 0.0975. The van der Waals surface area contributed by atoms with Crippen molar-refractivity contribution < 1.29 is 9.53 Å². The van der Waals surface area contributed by atoms with Crippen LogP contribution in [0.1, 0.15) is 21.5 Å². The third kappa shape index (κ3) is 4.95. The number of hydrogen-bond donors (Lipinski definition) is 2. The molecule has 0 bridgehead atoms. The number of nitrogens with zero attached hydrogens (tertiary/aromatic N) is 1. The highest BCUT2D eigenvalue weighted by atomic mass is 79.9. The number of rotatable bonds is 5. The highest BCUT2D eigenvalue weighted by Crippen LogP contribution is 2.36. The molecule has 0 aliphatic rings. The van der Waals surface area contributed by atoms with Gasteiger partial charge in [-0.3, -0.25) is 15.1 Å². The number of anilines is 1. The minimum absolute atomic E-state index is 0.211. The molecule has 0 saturated carbocycles. The second kappa shape index (κ2) is 9.89. The van der Waals surface area contributed by atoms with Crippen LogP contribution in [-0.4, -0.2) is 23.1 Å². The Hall–Kier alpha value is -3.29. The zero-order valence-electron chi connectivity index (χ0n) is 17.3. The van der Waals surface area contributed by atoms with Gasteiger partial charge < -0.3 is 10.1 Å². The standard InChI is InChI=1S/C25H20BrN3O2S/c1-31-23-21(15-18-4-2-3-5-20(18)22(23)26)24(30)29-25(32)28-19-8-6-16(7-9-19)14-17-10-12-27-13-11-17/h2-13,15H,14H2,1H3,(H2,28,29,30,32). The van der Waals surface area contributed by atoms with Gasteiger partial charge in [0.25, 0.3) is 5.91 Å². The molecule has 1 amide bonds. The summed E-state index contributed by atoms with van der Waals surface area (Å²) in [6, 6.07) is 21.5. The van der Waals surface area contributed by atoms with Crippen molar-refractivity contribution >= 4 is 55.6 Å². The highest BCUT2D eigenvalue weighted by molar-refractivity contribution is 9.10. The van der Waals surface area contributed by atoms with E-state index in [2.05, 4.69) is 31.5 Å². The molecule has 2 N–H and O–H groups in total. The zero-order chi connectivity index (χ0) is 22.5. The van der Waals surface area contributed by atoms with Crippen LogP contribution in [0.15, 0.2) is 83.6 Å². The number of nitrogens with one attached hydrogen (secondary N) is 2. The molecular weight excluding hydrogens is 486 g/mol. The molecule has 0 atom stereocenters. The maximum Gasteiger partial charge on any atom is 0.261 e. The SMILES string of the molecule is COc1c(C(=O)NC(=S)Nc2ccc(Cc3ccncc3)cc2)cc2ccccc2c1Br. The molecule has 0 spiro atoms. The zero-order valence-corrected chi connectivity index (χ0v) is 19.7. The molecule has 0 fully saturated rings. The Morgan fingerprint density at radius 3 is 2.44 bits per heavy atom. The Labute approximate surface area is 200 Å². The van der Waals surface area contributed by atoms with Crippen molar-refractivity contribution in [2.75, 3.05) is 12.4 Å². The van der Waals surface area contributed by atoms with Crippen molar-refractivity contribution in [3.05, 3.63) is 100 Å². The van der Waals surface area contributed by atoms with Crippen molar-refractivity contribution in [2.45, 2.75) is 6.42 Å². The Kier molecular flexibility index (Phi) is 6.78. The number of ether oxygens (including phenoxy) is 1. The third-order valence-corrected chi connectivity index (χ3v) is 5.98. The van der Waals surface area contributed by atoms with Crippen molar-refractivity contribution in [1.82, 2.24) is 10.3 Å². The van der Waals surface area contributed by atoms with Crippen LogP contribution in [0.5, 0.6) is 5.75 Å². The lowest BCUT2D eigenvalue weighted by Crippen LogP contribution is -2.34. The molecule has 0 radical (unpaired) electrons.